The summed E-state index contributed by atoms with van der Waals surface area (Å²) in [5.74, 6) is -0.884. The first-order chi connectivity index (χ1) is 9.95. The number of anilines is 1. The molecule has 1 aliphatic heterocycles. The SMILES string of the molecule is CCCC1(C(=O)O)CCN(CC(=O)Nc2nc(C)cs2)C1. The lowest BCUT2D eigenvalue weighted by Crippen LogP contribution is -2.37. The van der Waals surface area contributed by atoms with E-state index in [0.717, 1.165) is 12.1 Å². The third kappa shape index (κ3) is 3.79. The Balaban J connectivity index is 1.89. The number of carboxylic acids is 1. The predicted octanol–water partition coefficient (Wildman–Crippen LogP) is 1.97. The van der Waals surface area contributed by atoms with Gasteiger partial charge in [-0.2, -0.15) is 0 Å². The van der Waals surface area contributed by atoms with Crippen molar-refractivity contribution in [3.05, 3.63) is 11.1 Å². The highest BCUT2D eigenvalue weighted by Crippen LogP contribution is 2.35. The fraction of sp³-hybridized carbons (Fsp3) is 0.643. The summed E-state index contributed by atoms with van der Waals surface area (Å²) in [5, 5.41) is 14.7. The van der Waals surface area contributed by atoms with Crippen molar-refractivity contribution in [3.8, 4) is 0 Å². The van der Waals surface area contributed by atoms with E-state index in [1.165, 1.54) is 11.3 Å². The maximum absolute atomic E-state index is 12.0. The molecule has 2 rings (SSSR count). The molecule has 1 aliphatic rings. The van der Waals surface area contributed by atoms with Gasteiger partial charge in [0.15, 0.2) is 5.13 Å². The molecule has 6 nitrogen and oxygen atoms in total. The summed E-state index contributed by atoms with van der Waals surface area (Å²) in [6.07, 6.45) is 2.11. The van der Waals surface area contributed by atoms with E-state index in [0.29, 0.717) is 31.1 Å². The zero-order valence-electron chi connectivity index (χ0n) is 12.4. The molecule has 7 heteroatoms. The molecule has 21 heavy (non-hydrogen) atoms. The van der Waals surface area contributed by atoms with E-state index in [9.17, 15) is 14.7 Å². The minimum absolute atomic E-state index is 0.137. The van der Waals surface area contributed by atoms with Crippen molar-refractivity contribution in [1.29, 1.82) is 0 Å². The van der Waals surface area contributed by atoms with Crippen LogP contribution in [0.1, 0.15) is 31.9 Å². The normalized spacial score (nSPS) is 22.4. The van der Waals surface area contributed by atoms with Crippen molar-refractivity contribution >= 4 is 28.3 Å². The van der Waals surface area contributed by atoms with Crippen molar-refractivity contribution in [2.75, 3.05) is 25.0 Å². The van der Waals surface area contributed by atoms with Crippen LogP contribution in [-0.2, 0) is 9.59 Å². The van der Waals surface area contributed by atoms with Crippen LogP contribution >= 0.6 is 11.3 Å². The summed E-state index contributed by atoms with van der Waals surface area (Å²) < 4.78 is 0. The molecule has 2 N–H and O–H groups in total. The number of aromatic nitrogens is 1. The number of thiazole rings is 1. The van der Waals surface area contributed by atoms with Gasteiger partial charge in [-0.25, -0.2) is 4.98 Å². The Morgan fingerprint density at radius 1 is 1.57 bits per heavy atom. The second kappa shape index (κ2) is 6.53. The maximum atomic E-state index is 12.0. The number of hydrogen-bond donors (Lipinski definition) is 2. The second-order valence-corrected chi connectivity index (χ2v) is 6.50. The van der Waals surface area contributed by atoms with Gasteiger partial charge in [-0.05, 0) is 26.3 Å². The smallest absolute Gasteiger partial charge is 0.310 e. The molecule has 1 aromatic heterocycles. The van der Waals surface area contributed by atoms with Crippen LogP contribution in [0.25, 0.3) is 0 Å². The van der Waals surface area contributed by atoms with E-state index in [2.05, 4.69) is 10.3 Å². The number of hydrogen-bond acceptors (Lipinski definition) is 5. The summed E-state index contributed by atoms with van der Waals surface area (Å²) in [6, 6.07) is 0. The summed E-state index contributed by atoms with van der Waals surface area (Å²) in [5.41, 5.74) is 0.191. The van der Waals surface area contributed by atoms with Gasteiger partial charge in [0, 0.05) is 11.9 Å². The molecule has 0 aromatic carbocycles. The van der Waals surface area contributed by atoms with Gasteiger partial charge in [0.2, 0.25) is 5.91 Å². The highest BCUT2D eigenvalue weighted by molar-refractivity contribution is 7.13. The zero-order chi connectivity index (χ0) is 15.5. The molecule has 0 spiro atoms. The number of nitrogens with one attached hydrogen (secondary N) is 1. The minimum atomic E-state index is -0.747. The Labute approximate surface area is 128 Å². The van der Waals surface area contributed by atoms with Crippen molar-refractivity contribution in [2.24, 2.45) is 5.41 Å². The number of aryl methyl sites for hydroxylation is 1. The van der Waals surface area contributed by atoms with Crippen LogP contribution in [0.4, 0.5) is 5.13 Å². The van der Waals surface area contributed by atoms with Crippen LogP contribution in [0, 0.1) is 12.3 Å². The van der Waals surface area contributed by atoms with Crippen LogP contribution in [-0.4, -0.2) is 46.5 Å². The fourth-order valence-corrected chi connectivity index (χ4v) is 3.53. The average molecular weight is 311 g/mol. The van der Waals surface area contributed by atoms with E-state index in [4.69, 9.17) is 0 Å². The lowest BCUT2D eigenvalue weighted by atomic mass is 9.83. The fourth-order valence-electron chi connectivity index (χ4n) is 2.83. The van der Waals surface area contributed by atoms with Crippen molar-refractivity contribution in [2.45, 2.75) is 33.1 Å². The zero-order valence-corrected chi connectivity index (χ0v) is 13.2. The molecule has 1 unspecified atom stereocenters. The Morgan fingerprint density at radius 2 is 2.33 bits per heavy atom. The van der Waals surface area contributed by atoms with Crippen LogP contribution in [0.2, 0.25) is 0 Å². The first-order valence-electron chi connectivity index (χ1n) is 7.13. The Bertz CT molecular complexity index is 531. The first kappa shape index (κ1) is 15.9. The van der Waals surface area contributed by atoms with Gasteiger partial charge in [0.25, 0.3) is 0 Å². The van der Waals surface area contributed by atoms with Gasteiger partial charge in [0.1, 0.15) is 0 Å². The molecular weight excluding hydrogens is 290 g/mol. The van der Waals surface area contributed by atoms with Crippen molar-refractivity contribution in [3.63, 3.8) is 0 Å². The Kier molecular flexibility index (Phi) is 4.95. The van der Waals surface area contributed by atoms with Crippen molar-refractivity contribution < 1.29 is 14.7 Å². The molecule has 2 heterocycles. The van der Waals surface area contributed by atoms with Gasteiger partial charge in [-0.15, -0.1) is 11.3 Å². The number of amides is 1. The highest BCUT2D eigenvalue weighted by Gasteiger charge is 2.44. The molecule has 0 saturated carbocycles. The highest BCUT2D eigenvalue weighted by atomic mass is 32.1. The van der Waals surface area contributed by atoms with Crippen LogP contribution in [0.5, 0.6) is 0 Å². The molecule has 116 valence electrons. The molecule has 0 radical (unpaired) electrons. The van der Waals surface area contributed by atoms with E-state index < -0.39 is 11.4 Å². The van der Waals surface area contributed by atoms with E-state index in [-0.39, 0.29) is 12.5 Å². The molecule has 0 bridgehead atoms. The molecule has 1 amide bonds. The topological polar surface area (TPSA) is 82.5 Å². The molecule has 1 aromatic rings. The van der Waals surface area contributed by atoms with E-state index >= 15 is 0 Å². The standard InChI is InChI=1S/C14H21N3O3S/c1-3-4-14(12(19)20)5-6-17(9-14)7-11(18)16-13-15-10(2)8-21-13/h8H,3-7,9H2,1-2H3,(H,19,20)(H,15,16,18). The molecule has 1 saturated heterocycles. The summed E-state index contributed by atoms with van der Waals surface area (Å²) in [7, 11) is 0. The van der Waals surface area contributed by atoms with Crippen LogP contribution in [0.15, 0.2) is 5.38 Å². The van der Waals surface area contributed by atoms with Gasteiger partial charge >= 0.3 is 5.97 Å². The predicted molar refractivity (Wildman–Crippen MR) is 81.5 cm³/mol. The number of likely N-dealkylation sites (tertiary alicyclic amines) is 1. The molecule has 1 atom stereocenters. The van der Waals surface area contributed by atoms with Crippen LogP contribution in [0.3, 0.4) is 0 Å². The quantitative estimate of drug-likeness (QED) is 0.839. The second-order valence-electron chi connectivity index (χ2n) is 5.64. The number of aliphatic carboxylic acids is 1. The lowest BCUT2D eigenvalue weighted by Gasteiger charge is -2.24. The number of nitrogens with zero attached hydrogens (tertiary/aromatic N) is 2. The van der Waals surface area contributed by atoms with Gasteiger partial charge < -0.3 is 10.4 Å². The lowest BCUT2D eigenvalue weighted by molar-refractivity contribution is -0.148. The maximum Gasteiger partial charge on any atom is 0.310 e. The number of carbonyl (C=O) groups excluding carboxylic acids is 1. The van der Waals surface area contributed by atoms with Gasteiger partial charge in [-0.3, -0.25) is 14.5 Å². The summed E-state index contributed by atoms with van der Waals surface area (Å²) >= 11 is 1.39. The third-order valence-corrected chi connectivity index (χ3v) is 4.72. The largest absolute Gasteiger partial charge is 0.481 e. The van der Waals surface area contributed by atoms with Crippen LogP contribution < -0.4 is 5.32 Å². The van der Waals surface area contributed by atoms with Crippen molar-refractivity contribution in [1.82, 2.24) is 9.88 Å². The van der Waals surface area contributed by atoms with E-state index in [1.54, 1.807) is 0 Å². The number of rotatable bonds is 6. The summed E-state index contributed by atoms with van der Waals surface area (Å²) in [4.78, 5) is 29.6. The Hall–Kier alpha value is -1.47. The molecular formula is C14H21N3O3S. The third-order valence-electron chi connectivity index (χ3n) is 3.85. The minimum Gasteiger partial charge on any atom is -0.481 e. The van der Waals surface area contributed by atoms with Gasteiger partial charge in [0.05, 0.1) is 17.7 Å². The van der Waals surface area contributed by atoms with Gasteiger partial charge in [-0.1, -0.05) is 13.3 Å². The molecule has 0 aliphatic carbocycles. The number of carbonyl (C=O) groups is 2. The van der Waals surface area contributed by atoms with E-state index in [1.807, 2.05) is 24.1 Å². The molecule has 1 fully saturated rings. The first-order valence-corrected chi connectivity index (χ1v) is 8.01. The summed E-state index contributed by atoms with van der Waals surface area (Å²) in [6.45, 7) is 5.18. The average Bonchev–Trinajstić information content (AvgIpc) is 2.98. The monoisotopic (exact) mass is 311 g/mol. The Morgan fingerprint density at radius 3 is 2.90 bits per heavy atom. The number of carboxylic acid groups (broad SMARTS) is 1.